The first-order valence-electron chi connectivity index (χ1n) is 8.80. The molecule has 0 spiro atoms. The molecule has 0 aliphatic carbocycles. The molecule has 0 bridgehead atoms. The number of carbonyl (C=O) groups is 3. The molecule has 154 valence electrons. The molecule has 3 N–H and O–H groups in total. The molecule has 29 heavy (non-hydrogen) atoms. The van der Waals surface area contributed by atoms with Crippen LogP contribution in [-0.2, 0) is 9.59 Å². The molecular formula is C20H21BrClN3O4. The zero-order chi connectivity index (χ0) is 21.6. The maximum atomic E-state index is 12.2. The molecule has 0 fully saturated rings. The van der Waals surface area contributed by atoms with E-state index >= 15 is 0 Å². The van der Waals surface area contributed by atoms with Crippen molar-refractivity contribution >= 4 is 50.9 Å². The molecule has 3 amide bonds. The molecule has 2 aromatic rings. The smallest absolute Gasteiger partial charge is 0.279 e. The molecular weight excluding hydrogens is 462 g/mol. The Labute approximate surface area is 182 Å². The van der Waals surface area contributed by atoms with Crippen molar-refractivity contribution in [1.29, 1.82) is 0 Å². The molecule has 0 aromatic heterocycles. The van der Waals surface area contributed by atoms with Gasteiger partial charge in [-0.25, -0.2) is 0 Å². The van der Waals surface area contributed by atoms with Gasteiger partial charge in [-0.15, -0.1) is 0 Å². The van der Waals surface area contributed by atoms with Crippen LogP contribution >= 0.6 is 27.5 Å². The first-order valence-corrected chi connectivity index (χ1v) is 9.97. The standard InChI is InChI=1S/C20H21BrClN3O4/c1-11(2)18(26)23-15-7-4-13(5-8-15)20(28)25-24-19(27)12(3)29-17-9-6-14(22)10-16(17)21/h4-12H,1-3H3,(H,23,26)(H,24,27)(H,25,28). The van der Waals surface area contributed by atoms with Gasteiger partial charge in [0.2, 0.25) is 5.91 Å². The fourth-order valence-corrected chi connectivity index (χ4v) is 2.87. The summed E-state index contributed by atoms with van der Waals surface area (Å²) >= 11 is 9.18. The normalized spacial score (nSPS) is 11.5. The number of amides is 3. The summed E-state index contributed by atoms with van der Waals surface area (Å²) in [6.07, 6.45) is -0.860. The van der Waals surface area contributed by atoms with Gasteiger partial charge in [0.1, 0.15) is 5.75 Å². The molecule has 0 radical (unpaired) electrons. The highest BCUT2D eigenvalue weighted by Crippen LogP contribution is 2.28. The molecule has 2 rings (SSSR count). The van der Waals surface area contributed by atoms with Crippen molar-refractivity contribution in [2.24, 2.45) is 5.92 Å². The minimum absolute atomic E-state index is 0.115. The minimum atomic E-state index is -0.860. The lowest BCUT2D eigenvalue weighted by Gasteiger charge is -2.16. The Morgan fingerprint density at radius 3 is 2.21 bits per heavy atom. The van der Waals surface area contributed by atoms with Crippen LogP contribution in [0.25, 0.3) is 0 Å². The number of hydrazine groups is 1. The van der Waals surface area contributed by atoms with E-state index in [1.165, 1.54) is 0 Å². The lowest BCUT2D eigenvalue weighted by atomic mass is 10.1. The molecule has 0 aliphatic heterocycles. The first kappa shape index (κ1) is 22.7. The highest BCUT2D eigenvalue weighted by Gasteiger charge is 2.17. The first-order chi connectivity index (χ1) is 13.7. The van der Waals surface area contributed by atoms with Gasteiger partial charge in [0.25, 0.3) is 11.8 Å². The van der Waals surface area contributed by atoms with Crippen LogP contribution in [0.5, 0.6) is 5.75 Å². The monoisotopic (exact) mass is 481 g/mol. The Kier molecular flexibility index (Phi) is 8.04. The van der Waals surface area contributed by atoms with E-state index in [1.807, 2.05) is 0 Å². The minimum Gasteiger partial charge on any atom is -0.480 e. The summed E-state index contributed by atoms with van der Waals surface area (Å²) in [7, 11) is 0. The van der Waals surface area contributed by atoms with Crippen molar-refractivity contribution in [2.75, 3.05) is 5.32 Å². The molecule has 0 aliphatic rings. The van der Waals surface area contributed by atoms with Crippen molar-refractivity contribution in [1.82, 2.24) is 10.9 Å². The van der Waals surface area contributed by atoms with Crippen molar-refractivity contribution in [2.45, 2.75) is 26.9 Å². The Morgan fingerprint density at radius 2 is 1.62 bits per heavy atom. The highest BCUT2D eigenvalue weighted by atomic mass is 79.9. The average Bonchev–Trinajstić information content (AvgIpc) is 2.68. The summed E-state index contributed by atoms with van der Waals surface area (Å²) in [5.74, 6) is -0.843. The summed E-state index contributed by atoms with van der Waals surface area (Å²) in [6, 6.07) is 11.2. The highest BCUT2D eigenvalue weighted by molar-refractivity contribution is 9.10. The molecule has 7 nitrogen and oxygen atoms in total. The summed E-state index contributed by atoms with van der Waals surface area (Å²) in [6.45, 7) is 5.13. The fourth-order valence-electron chi connectivity index (χ4n) is 2.10. The van der Waals surface area contributed by atoms with Gasteiger partial charge >= 0.3 is 0 Å². The fraction of sp³-hybridized carbons (Fsp3) is 0.250. The molecule has 0 saturated carbocycles. The third kappa shape index (κ3) is 6.76. The van der Waals surface area contributed by atoms with Crippen LogP contribution in [0.15, 0.2) is 46.9 Å². The number of benzene rings is 2. The van der Waals surface area contributed by atoms with E-state index in [1.54, 1.807) is 63.2 Å². The van der Waals surface area contributed by atoms with E-state index in [2.05, 4.69) is 32.1 Å². The van der Waals surface area contributed by atoms with Crippen LogP contribution in [0.3, 0.4) is 0 Å². The van der Waals surface area contributed by atoms with Gasteiger partial charge in [0.05, 0.1) is 4.47 Å². The Hall–Kier alpha value is -2.58. The van der Waals surface area contributed by atoms with Gasteiger partial charge in [-0.1, -0.05) is 25.4 Å². The van der Waals surface area contributed by atoms with Crippen molar-refractivity contribution in [3.63, 3.8) is 0 Å². The molecule has 2 aromatic carbocycles. The van der Waals surface area contributed by atoms with Crippen molar-refractivity contribution in [3.8, 4) is 5.75 Å². The van der Waals surface area contributed by atoms with Crippen molar-refractivity contribution in [3.05, 3.63) is 57.5 Å². The van der Waals surface area contributed by atoms with Crippen LogP contribution in [0.4, 0.5) is 5.69 Å². The van der Waals surface area contributed by atoms with Gasteiger partial charge in [-0.2, -0.15) is 0 Å². The zero-order valence-corrected chi connectivity index (χ0v) is 18.4. The van der Waals surface area contributed by atoms with Gasteiger partial charge in [-0.3, -0.25) is 25.2 Å². The second-order valence-corrected chi connectivity index (χ2v) is 7.79. The van der Waals surface area contributed by atoms with Gasteiger partial charge in [0, 0.05) is 22.2 Å². The van der Waals surface area contributed by atoms with Crippen molar-refractivity contribution < 1.29 is 19.1 Å². The Morgan fingerprint density at radius 1 is 0.966 bits per heavy atom. The quantitative estimate of drug-likeness (QED) is 0.544. The largest absolute Gasteiger partial charge is 0.480 e. The predicted molar refractivity (Wildman–Crippen MR) is 115 cm³/mol. The number of nitrogens with one attached hydrogen (secondary N) is 3. The maximum absolute atomic E-state index is 12.2. The number of hydrogen-bond donors (Lipinski definition) is 3. The van der Waals surface area contributed by atoms with Crippen LogP contribution in [0.1, 0.15) is 31.1 Å². The number of hydrogen-bond acceptors (Lipinski definition) is 4. The zero-order valence-electron chi connectivity index (χ0n) is 16.1. The van der Waals surface area contributed by atoms with Crippen LogP contribution < -0.4 is 20.9 Å². The second kappa shape index (κ2) is 10.3. The Balaban J connectivity index is 1.87. The SMILES string of the molecule is CC(C)C(=O)Nc1ccc(C(=O)NNC(=O)C(C)Oc2ccc(Cl)cc2Br)cc1. The average molecular weight is 483 g/mol. The summed E-state index contributed by atoms with van der Waals surface area (Å²) in [5.41, 5.74) is 5.55. The number of anilines is 1. The van der Waals surface area contributed by atoms with Crippen LogP contribution in [0.2, 0.25) is 5.02 Å². The lowest BCUT2D eigenvalue weighted by molar-refractivity contribution is -0.128. The van der Waals surface area contributed by atoms with Crippen LogP contribution in [-0.4, -0.2) is 23.8 Å². The second-order valence-electron chi connectivity index (χ2n) is 6.50. The van der Waals surface area contributed by atoms with Gasteiger partial charge in [-0.05, 0) is 65.3 Å². The third-order valence-electron chi connectivity index (χ3n) is 3.81. The van der Waals surface area contributed by atoms with Crippen LogP contribution in [0, 0.1) is 5.92 Å². The topological polar surface area (TPSA) is 96.5 Å². The molecule has 1 unspecified atom stereocenters. The Bertz CT molecular complexity index is 903. The number of carbonyl (C=O) groups excluding carboxylic acids is 3. The lowest BCUT2D eigenvalue weighted by Crippen LogP contribution is -2.47. The summed E-state index contributed by atoms with van der Waals surface area (Å²) in [5, 5.41) is 3.27. The van der Waals surface area contributed by atoms with E-state index in [9.17, 15) is 14.4 Å². The summed E-state index contributed by atoms with van der Waals surface area (Å²) in [4.78, 5) is 36.0. The molecule has 0 saturated heterocycles. The van der Waals surface area contributed by atoms with E-state index in [-0.39, 0.29) is 11.8 Å². The third-order valence-corrected chi connectivity index (χ3v) is 4.66. The van der Waals surface area contributed by atoms with Gasteiger partial charge in [0.15, 0.2) is 6.10 Å². The predicted octanol–water partition coefficient (Wildman–Crippen LogP) is 3.93. The van der Waals surface area contributed by atoms with E-state index in [4.69, 9.17) is 16.3 Å². The number of ether oxygens (including phenoxy) is 1. The maximum Gasteiger partial charge on any atom is 0.279 e. The van der Waals surface area contributed by atoms with Gasteiger partial charge < -0.3 is 10.1 Å². The van der Waals surface area contributed by atoms with E-state index in [0.29, 0.717) is 26.5 Å². The number of halogens is 2. The van der Waals surface area contributed by atoms with E-state index < -0.39 is 17.9 Å². The number of rotatable bonds is 6. The molecule has 9 heteroatoms. The molecule has 0 heterocycles. The van der Waals surface area contributed by atoms with E-state index in [0.717, 1.165) is 0 Å². The molecule has 1 atom stereocenters. The summed E-state index contributed by atoms with van der Waals surface area (Å²) < 4.78 is 6.17.